The van der Waals surface area contributed by atoms with E-state index < -0.39 is 0 Å². The van der Waals surface area contributed by atoms with Crippen LogP contribution < -0.4 is 16.0 Å². The Labute approximate surface area is 116 Å². The summed E-state index contributed by atoms with van der Waals surface area (Å²) in [5.41, 5.74) is 2.77. The molecule has 18 heavy (non-hydrogen) atoms. The molecule has 0 bridgehead atoms. The van der Waals surface area contributed by atoms with Crippen molar-refractivity contribution in [2.75, 3.05) is 6.61 Å². The lowest BCUT2D eigenvalue weighted by atomic mass is 10.2. The third kappa shape index (κ3) is 3.99. The van der Waals surface area contributed by atoms with Gasteiger partial charge in [0.15, 0.2) is 0 Å². The van der Waals surface area contributed by atoms with Gasteiger partial charge >= 0.3 is 0 Å². The number of thiophene rings is 1. The van der Waals surface area contributed by atoms with E-state index in [4.69, 9.17) is 22.2 Å². The summed E-state index contributed by atoms with van der Waals surface area (Å²) in [7, 11) is 0. The zero-order valence-electron chi connectivity index (χ0n) is 9.80. The molecule has 0 aliphatic heterocycles. The molecule has 0 saturated carbocycles. The number of hydrogen-bond acceptors (Lipinski definition) is 4. The van der Waals surface area contributed by atoms with Gasteiger partial charge < -0.3 is 4.74 Å². The molecule has 3 N–H and O–H groups in total. The van der Waals surface area contributed by atoms with Gasteiger partial charge in [0.05, 0.1) is 10.4 Å². The van der Waals surface area contributed by atoms with Gasteiger partial charge in [0.2, 0.25) is 0 Å². The summed E-state index contributed by atoms with van der Waals surface area (Å²) < 4.78 is 6.46. The molecular weight excluding hydrogens is 268 g/mol. The number of hydrogen-bond donors (Lipinski definition) is 2. The molecule has 1 aromatic carbocycles. The number of ether oxygens (including phenoxy) is 1. The fourth-order valence-electron chi connectivity index (χ4n) is 1.58. The van der Waals surface area contributed by atoms with Crippen LogP contribution in [0.15, 0.2) is 42.5 Å². The van der Waals surface area contributed by atoms with Gasteiger partial charge in [-0.25, -0.2) is 0 Å². The van der Waals surface area contributed by atoms with Gasteiger partial charge in [0.25, 0.3) is 0 Å². The number of rotatable bonds is 6. The number of benzene rings is 1. The maximum absolute atomic E-state index is 5.90. The van der Waals surface area contributed by atoms with E-state index in [-0.39, 0.29) is 6.04 Å². The molecule has 0 amide bonds. The second-order valence-electron chi connectivity index (χ2n) is 3.90. The van der Waals surface area contributed by atoms with E-state index in [0.29, 0.717) is 6.61 Å². The standard InChI is InChI=1S/C13H15ClN2OS/c14-13-7-6-12(18-13)8-10(16-15)9-17-11-4-2-1-3-5-11/h1-7,10,16H,8-9,15H2. The molecular formula is C13H15ClN2OS. The Bertz CT molecular complexity index is 475. The van der Waals surface area contributed by atoms with Crippen molar-refractivity contribution >= 4 is 22.9 Å². The van der Waals surface area contributed by atoms with E-state index in [1.54, 1.807) is 11.3 Å². The molecule has 1 atom stereocenters. The van der Waals surface area contributed by atoms with Crippen LogP contribution in [-0.2, 0) is 6.42 Å². The Morgan fingerprint density at radius 1 is 1.22 bits per heavy atom. The van der Waals surface area contributed by atoms with E-state index >= 15 is 0 Å². The fraction of sp³-hybridized carbons (Fsp3) is 0.231. The second kappa shape index (κ2) is 6.75. The third-order valence-electron chi connectivity index (χ3n) is 2.51. The van der Waals surface area contributed by atoms with Crippen molar-refractivity contribution in [3.8, 4) is 5.75 Å². The highest BCUT2D eigenvalue weighted by Crippen LogP contribution is 2.22. The highest BCUT2D eigenvalue weighted by molar-refractivity contribution is 7.16. The predicted octanol–water partition coefficient (Wildman–Crippen LogP) is 2.85. The first-order valence-electron chi connectivity index (χ1n) is 5.66. The summed E-state index contributed by atoms with van der Waals surface area (Å²) in [5.74, 6) is 6.38. The largest absolute Gasteiger partial charge is 0.492 e. The van der Waals surface area contributed by atoms with E-state index in [0.717, 1.165) is 16.5 Å². The topological polar surface area (TPSA) is 47.3 Å². The van der Waals surface area contributed by atoms with Crippen molar-refractivity contribution in [2.24, 2.45) is 5.84 Å². The van der Waals surface area contributed by atoms with Gasteiger partial charge in [-0.2, -0.15) is 0 Å². The minimum Gasteiger partial charge on any atom is -0.492 e. The SMILES string of the molecule is NNC(COc1ccccc1)Cc1ccc(Cl)s1. The van der Waals surface area contributed by atoms with Crippen molar-refractivity contribution in [1.29, 1.82) is 0 Å². The van der Waals surface area contributed by atoms with Crippen LogP contribution in [0, 0.1) is 0 Å². The maximum atomic E-state index is 5.90. The van der Waals surface area contributed by atoms with Crippen LogP contribution in [0.1, 0.15) is 4.88 Å². The molecule has 2 aromatic rings. The number of hydrazine groups is 1. The summed E-state index contributed by atoms with van der Waals surface area (Å²) in [6.07, 6.45) is 0.806. The average Bonchev–Trinajstić information content (AvgIpc) is 2.81. The zero-order chi connectivity index (χ0) is 12.8. The molecule has 3 nitrogen and oxygen atoms in total. The first-order valence-corrected chi connectivity index (χ1v) is 6.85. The summed E-state index contributed by atoms with van der Waals surface area (Å²) in [6, 6.07) is 13.7. The molecule has 5 heteroatoms. The molecule has 0 radical (unpaired) electrons. The van der Waals surface area contributed by atoms with Gasteiger partial charge in [0, 0.05) is 11.3 Å². The van der Waals surface area contributed by atoms with Crippen molar-refractivity contribution in [1.82, 2.24) is 5.43 Å². The monoisotopic (exact) mass is 282 g/mol. The Hall–Kier alpha value is -1.07. The van der Waals surface area contributed by atoms with E-state index in [9.17, 15) is 0 Å². The number of halogens is 1. The van der Waals surface area contributed by atoms with Gasteiger partial charge in [0.1, 0.15) is 12.4 Å². The zero-order valence-corrected chi connectivity index (χ0v) is 11.4. The summed E-state index contributed by atoms with van der Waals surface area (Å²) >= 11 is 7.46. The average molecular weight is 283 g/mol. The van der Waals surface area contributed by atoms with Crippen LogP contribution in [-0.4, -0.2) is 12.6 Å². The highest BCUT2D eigenvalue weighted by atomic mass is 35.5. The van der Waals surface area contributed by atoms with E-state index in [1.165, 1.54) is 4.88 Å². The molecule has 1 unspecified atom stereocenters. The molecule has 1 heterocycles. The van der Waals surface area contributed by atoms with Crippen LogP contribution in [0.3, 0.4) is 0 Å². The number of nitrogens with two attached hydrogens (primary N) is 1. The molecule has 0 fully saturated rings. The van der Waals surface area contributed by atoms with Crippen molar-refractivity contribution in [2.45, 2.75) is 12.5 Å². The summed E-state index contributed by atoms with van der Waals surface area (Å²) in [5, 5.41) is 0. The quantitative estimate of drug-likeness (QED) is 0.633. The molecule has 0 aliphatic rings. The molecule has 0 spiro atoms. The second-order valence-corrected chi connectivity index (χ2v) is 5.70. The number of nitrogens with one attached hydrogen (secondary N) is 1. The summed E-state index contributed by atoms with van der Waals surface area (Å²) in [4.78, 5) is 1.19. The van der Waals surface area contributed by atoms with Gasteiger partial charge in [-0.15, -0.1) is 11.3 Å². The van der Waals surface area contributed by atoms with Crippen LogP contribution in [0.2, 0.25) is 4.34 Å². The predicted molar refractivity (Wildman–Crippen MR) is 76.1 cm³/mol. The van der Waals surface area contributed by atoms with Gasteiger partial charge in [-0.05, 0) is 24.3 Å². The van der Waals surface area contributed by atoms with Crippen LogP contribution >= 0.6 is 22.9 Å². The first kappa shape index (κ1) is 13.4. The first-order chi connectivity index (χ1) is 8.78. The lowest BCUT2D eigenvalue weighted by Crippen LogP contribution is -2.41. The van der Waals surface area contributed by atoms with Gasteiger partial charge in [-0.1, -0.05) is 29.8 Å². The molecule has 0 saturated heterocycles. The Morgan fingerprint density at radius 3 is 2.61 bits per heavy atom. The Morgan fingerprint density at radius 2 is 2.00 bits per heavy atom. The van der Waals surface area contributed by atoms with Crippen molar-refractivity contribution in [3.05, 3.63) is 51.7 Å². The van der Waals surface area contributed by atoms with Crippen molar-refractivity contribution in [3.63, 3.8) is 0 Å². The minimum atomic E-state index is 0.0694. The minimum absolute atomic E-state index is 0.0694. The maximum Gasteiger partial charge on any atom is 0.119 e. The van der Waals surface area contributed by atoms with Crippen molar-refractivity contribution < 1.29 is 4.74 Å². The normalized spacial score (nSPS) is 12.3. The lowest BCUT2D eigenvalue weighted by molar-refractivity contribution is 0.265. The van der Waals surface area contributed by atoms with Crippen LogP contribution in [0.5, 0.6) is 5.75 Å². The van der Waals surface area contributed by atoms with E-state index in [1.807, 2.05) is 42.5 Å². The Balaban J connectivity index is 1.86. The van der Waals surface area contributed by atoms with Crippen LogP contribution in [0.25, 0.3) is 0 Å². The summed E-state index contributed by atoms with van der Waals surface area (Å²) in [6.45, 7) is 0.524. The highest BCUT2D eigenvalue weighted by Gasteiger charge is 2.10. The smallest absolute Gasteiger partial charge is 0.119 e. The molecule has 96 valence electrons. The lowest BCUT2D eigenvalue weighted by Gasteiger charge is -2.15. The number of para-hydroxylation sites is 1. The molecule has 0 aliphatic carbocycles. The van der Waals surface area contributed by atoms with Crippen LogP contribution in [0.4, 0.5) is 0 Å². The Kier molecular flexibility index (Phi) is 5.01. The molecule has 1 aromatic heterocycles. The van der Waals surface area contributed by atoms with Gasteiger partial charge in [-0.3, -0.25) is 11.3 Å². The van der Waals surface area contributed by atoms with E-state index in [2.05, 4.69) is 5.43 Å². The fourth-order valence-corrected chi connectivity index (χ4v) is 2.75. The third-order valence-corrected chi connectivity index (χ3v) is 3.76. The molecule has 2 rings (SSSR count).